The highest BCUT2D eigenvalue weighted by atomic mass is 127. The Morgan fingerprint density at radius 1 is 1.19 bits per heavy atom. The van der Waals surface area contributed by atoms with Gasteiger partial charge in [-0.1, -0.05) is 0 Å². The van der Waals surface area contributed by atoms with Crippen molar-refractivity contribution in [3.05, 3.63) is 42.1 Å². The van der Waals surface area contributed by atoms with Crippen molar-refractivity contribution in [2.24, 2.45) is 4.99 Å². The third kappa shape index (κ3) is 6.78. The quantitative estimate of drug-likeness (QED) is 0.356. The summed E-state index contributed by atoms with van der Waals surface area (Å²) in [5.41, 5.74) is 1.99. The molecule has 0 bridgehead atoms. The van der Waals surface area contributed by atoms with Gasteiger partial charge >= 0.3 is 0 Å². The van der Waals surface area contributed by atoms with Crippen LogP contribution in [-0.2, 0) is 6.54 Å². The molecule has 27 heavy (non-hydrogen) atoms. The van der Waals surface area contributed by atoms with Gasteiger partial charge in [0.2, 0.25) is 0 Å². The van der Waals surface area contributed by atoms with Gasteiger partial charge in [0, 0.05) is 45.6 Å². The fourth-order valence-corrected chi connectivity index (χ4v) is 2.34. The van der Waals surface area contributed by atoms with Crippen molar-refractivity contribution in [1.29, 1.82) is 0 Å². The van der Waals surface area contributed by atoms with E-state index >= 15 is 0 Å². The Labute approximate surface area is 178 Å². The van der Waals surface area contributed by atoms with Gasteiger partial charge in [-0.3, -0.25) is 4.99 Å². The van der Waals surface area contributed by atoms with Gasteiger partial charge in [-0.2, -0.15) is 0 Å². The number of halogens is 1. The van der Waals surface area contributed by atoms with Crippen molar-refractivity contribution < 1.29 is 9.47 Å². The molecule has 0 atom stereocenters. The van der Waals surface area contributed by atoms with Gasteiger partial charge in [-0.15, -0.1) is 24.0 Å². The molecule has 0 radical (unpaired) electrons. The zero-order valence-electron chi connectivity index (χ0n) is 16.4. The highest BCUT2D eigenvalue weighted by Crippen LogP contribution is 2.30. The van der Waals surface area contributed by atoms with E-state index < -0.39 is 0 Å². The number of benzene rings is 1. The zero-order valence-corrected chi connectivity index (χ0v) is 18.8. The molecule has 0 fully saturated rings. The van der Waals surface area contributed by atoms with Gasteiger partial charge in [0.25, 0.3) is 0 Å². The van der Waals surface area contributed by atoms with Crippen LogP contribution in [0.1, 0.15) is 12.5 Å². The lowest BCUT2D eigenvalue weighted by Crippen LogP contribution is -2.30. The minimum atomic E-state index is 0. The average molecular weight is 485 g/mol. The molecule has 1 heterocycles. The van der Waals surface area contributed by atoms with E-state index in [1.807, 2.05) is 56.3 Å². The molecule has 0 saturated carbocycles. The van der Waals surface area contributed by atoms with Crippen molar-refractivity contribution in [3.8, 4) is 11.5 Å². The predicted octanol–water partition coefficient (Wildman–Crippen LogP) is 3.36. The van der Waals surface area contributed by atoms with E-state index in [1.165, 1.54) is 0 Å². The molecular formula is C19H28IN5O2. The molecule has 7 nitrogen and oxygen atoms in total. The van der Waals surface area contributed by atoms with E-state index in [9.17, 15) is 0 Å². The zero-order chi connectivity index (χ0) is 18.9. The third-order valence-corrected chi connectivity index (χ3v) is 3.68. The van der Waals surface area contributed by atoms with E-state index in [0.717, 1.165) is 17.1 Å². The number of methoxy groups -OCH3 is 1. The molecule has 1 aromatic carbocycles. The van der Waals surface area contributed by atoms with Crippen LogP contribution in [-0.4, -0.2) is 45.8 Å². The molecule has 0 aliphatic heterocycles. The molecule has 0 spiro atoms. The average Bonchev–Trinajstić information content (AvgIpc) is 2.65. The van der Waals surface area contributed by atoms with E-state index in [4.69, 9.17) is 9.47 Å². The van der Waals surface area contributed by atoms with Crippen LogP contribution in [0.25, 0.3) is 0 Å². The molecule has 0 aliphatic carbocycles. The van der Waals surface area contributed by atoms with Crippen molar-refractivity contribution in [3.63, 3.8) is 0 Å². The van der Waals surface area contributed by atoms with Gasteiger partial charge in [-0.25, -0.2) is 4.98 Å². The van der Waals surface area contributed by atoms with Gasteiger partial charge in [0.15, 0.2) is 17.5 Å². The minimum absolute atomic E-state index is 0. The van der Waals surface area contributed by atoms with Crippen molar-refractivity contribution >= 4 is 41.4 Å². The number of rotatable bonds is 7. The Balaban J connectivity index is 0.00000364. The number of ether oxygens (including phenoxy) is 2. The Kier molecular flexibility index (Phi) is 9.70. The molecule has 8 heteroatoms. The maximum absolute atomic E-state index is 5.61. The lowest BCUT2D eigenvalue weighted by Gasteiger charge is -2.15. The molecule has 2 rings (SSSR count). The number of hydrogen-bond donors (Lipinski definition) is 2. The standard InChI is InChI=1S/C19H27N5O2.HI/c1-6-26-17-12-15(7-8-16(17)25-5)23-19(20-2)22-13-14-9-10-21-18(11-14)24(3)4;/h7-12H,6,13H2,1-5H3,(H2,20,22,23);1H. The van der Waals surface area contributed by atoms with Crippen LogP contribution in [0.2, 0.25) is 0 Å². The van der Waals surface area contributed by atoms with Crippen molar-refractivity contribution in [2.75, 3.05) is 45.1 Å². The van der Waals surface area contributed by atoms with Crippen LogP contribution >= 0.6 is 24.0 Å². The molecule has 0 amide bonds. The first-order valence-corrected chi connectivity index (χ1v) is 8.48. The van der Waals surface area contributed by atoms with Crippen LogP contribution in [0.5, 0.6) is 11.5 Å². The smallest absolute Gasteiger partial charge is 0.195 e. The summed E-state index contributed by atoms with van der Waals surface area (Å²) in [6.45, 7) is 3.15. The lowest BCUT2D eigenvalue weighted by atomic mass is 10.2. The normalized spacial score (nSPS) is 10.6. The highest BCUT2D eigenvalue weighted by molar-refractivity contribution is 14.0. The van der Waals surface area contributed by atoms with Crippen LogP contribution in [0, 0.1) is 0 Å². The van der Waals surface area contributed by atoms with Crippen molar-refractivity contribution in [2.45, 2.75) is 13.5 Å². The van der Waals surface area contributed by atoms with Gasteiger partial charge in [-0.05, 0) is 36.8 Å². The van der Waals surface area contributed by atoms with Crippen LogP contribution in [0.15, 0.2) is 41.5 Å². The molecule has 0 unspecified atom stereocenters. The van der Waals surface area contributed by atoms with Gasteiger partial charge < -0.3 is 25.0 Å². The van der Waals surface area contributed by atoms with E-state index in [0.29, 0.717) is 30.6 Å². The summed E-state index contributed by atoms with van der Waals surface area (Å²) in [4.78, 5) is 10.6. The Bertz CT molecular complexity index is 753. The summed E-state index contributed by atoms with van der Waals surface area (Å²) in [5, 5.41) is 6.56. The maximum atomic E-state index is 5.61. The van der Waals surface area contributed by atoms with E-state index in [1.54, 1.807) is 20.4 Å². The number of guanidine groups is 1. The SMILES string of the molecule is CCOc1cc(NC(=NC)NCc2ccnc(N(C)C)c2)ccc1OC.I. The van der Waals surface area contributed by atoms with Crippen LogP contribution in [0.4, 0.5) is 11.5 Å². The number of nitrogens with zero attached hydrogens (tertiary/aromatic N) is 3. The van der Waals surface area contributed by atoms with Gasteiger partial charge in [0.05, 0.1) is 13.7 Å². The second-order valence-corrected chi connectivity index (χ2v) is 5.77. The summed E-state index contributed by atoms with van der Waals surface area (Å²) < 4.78 is 10.9. The third-order valence-electron chi connectivity index (χ3n) is 3.68. The molecule has 1 aromatic heterocycles. The second-order valence-electron chi connectivity index (χ2n) is 5.77. The number of aliphatic imine (C=N–C) groups is 1. The van der Waals surface area contributed by atoms with E-state index in [2.05, 4.69) is 20.6 Å². The second kappa shape index (κ2) is 11.5. The maximum Gasteiger partial charge on any atom is 0.195 e. The lowest BCUT2D eigenvalue weighted by molar-refractivity contribution is 0.311. The number of aromatic nitrogens is 1. The highest BCUT2D eigenvalue weighted by Gasteiger charge is 2.07. The van der Waals surface area contributed by atoms with Crippen LogP contribution < -0.4 is 25.0 Å². The number of pyridine rings is 1. The first kappa shape index (κ1) is 22.8. The molecule has 148 valence electrons. The minimum Gasteiger partial charge on any atom is -0.493 e. The first-order chi connectivity index (χ1) is 12.6. The fraction of sp³-hybridized carbons (Fsp3) is 0.368. The Morgan fingerprint density at radius 3 is 2.59 bits per heavy atom. The molecule has 0 aliphatic rings. The topological polar surface area (TPSA) is 71.0 Å². The molecule has 0 saturated heterocycles. The summed E-state index contributed by atoms with van der Waals surface area (Å²) >= 11 is 0. The Morgan fingerprint density at radius 2 is 1.96 bits per heavy atom. The summed E-state index contributed by atoms with van der Waals surface area (Å²) in [6.07, 6.45) is 1.81. The van der Waals surface area contributed by atoms with E-state index in [-0.39, 0.29) is 24.0 Å². The number of anilines is 2. The first-order valence-electron chi connectivity index (χ1n) is 8.48. The molecule has 2 aromatic rings. The van der Waals surface area contributed by atoms with Crippen molar-refractivity contribution in [1.82, 2.24) is 10.3 Å². The summed E-state index contributed by atoms with van der Waals surface area (Å²) in [6, 6.07) is 9.71. The largest absolute Gasteiger partial charge is 0.493 e. The van der Waals surface area contributed by atoms with Gasteiger partial charge in [0.1, 0.15) is 5.82 Å². The number of hydrogen-bond acceptors (Lipinski definition) is 5. The summed E-state index contributed by atoms with van der Waals surface area (Å²) in [5.74, 6) is 2.98. The Hall–Kier alpha value is -2.23. The summed E-state index contributed by atoms with van der Waals surface area (Å²) in [7, 11) is 7.31. The predicted molar refractivity (Wildman–Crippen MR) is 122 cm³/mol. The fourth-order valence-electron chi connectivity index (χ4n) is 2.34. The molecule has 2 N–H and O–H groups in total. The van der Waals surface area contributed by atoms with Crippen LogP contribution in [0.3, 0.4) is 0 Å². The number of nitrogens with one attached hydrogen (secondary N) is 2. The molecular weight excluding hydrogens is 457 g/mol. The monoisotopic (exact) mass is 485 g/mol.